The average Bonchev–Trinajstić information content (AvgIpc) is 2.28. The van der Waals surface area contributed by atoms with Gasteiger partial charge in [0.1, 0.15) is 13.2 Å². The number of hydrogen-bond donors (Lipinski definition) is 1. The van der Waals surface area contributed by atoms with Gasteiger partial charge in [0.05, 0.1) is 0 Å². The minimum Gasteiger partial charge on any atom is -0.362 e. The van der Waals surface area contributed by atoms with Crippen LogP contribution in [0.4, 0.5) is 18.9 Å². The Morgan fingerprint density at radius 2 is 1.89 bits per heavy atom. The molecule has 0 fully saturated rings. The van der Waals surface area contributed by atoms with Gasteiger partial charge in [0.15, 0.2) is 0 Å². The Labute approximate surface area is 107 Å². The maximum atomic E-state index is 11.7. The normalized spacial score (nSPS) is 11.3. The molecule has 7 heteroatoms. The third kappa shape index (κ3) is 5.88. The fraction of sp³-hybridized carbons (Fsp3) is 0.364. The number of nitrogens with one attached hydrogen (secondary N) is 1. The summed E-state index contributed by atoms with van der Waals surface area (Å²) in [5.41, 5.74) is 1.35. The molecule has 1 rings (SSSR count). The van der Waals surface area contributed by atoms with Gasteiger partial charge in [-0.25, -0.2) is 0 Å². The molecule has 0 heterocycles. The van der Waals surface area contributed by atoms with E-state index >= 15 is 0 Å². The van der Waals surface area contributed by atoms with Crippen molar-refractivity contribution in [3.8, 4) is 0 Å². The predicted molar refractivity (Wildman–Crippen MR) is 61.5 cm³/mol. The fourth-order valence-corrected chi connectivity index (χ4v) is 1.31. The largest absolute Gasteiger partial charge is 0.411 e. The van der Waals surface area contributed by atoms with E-state index in [1.807, 2.05) is 0 Å². The van der Waals surface area contributed by atoms with Gasteiger partial charge in [-0.1, -0.05) is 12.1 Å². The average molecular weight is 282 g/mol. The first-order chi connectivity index (χ1) is 8.40. The van der Waals surface area contributed by atoms with Gasteiger partial charge in [-0.15, -0.1) is 11.6 Å². The van der Waals surface area contributed by atoms with Crippen molar-refractivity contribution in [2.75, 3.05) is 18.5 Å². The number of anilines is 1. The van der Waals surface area contributed by atoms with Gasteiger partial charge in [-0.05, 0) is 17.7 Å². The van der Waals surface area contributed by atoms with E-state index in [9.17, 15) is 18.0 Å². The standard InChI is InChI=1S/C11H11ClF3NO2/c12-5-8-1-3-9(4-2-8)16-10(17)6-18-7-11(13,14)15/h1-4H,5-7H2,(H,16,17). The lowest BCUT2D eigenvalue weighted by Gasteiger charge is -2.08. The lowest BCUT2D eigenvalue weighted by molar-refractivity contribution is -0.174. The first kappa shape index (κ1) is 14.8. The molecule has 1 N–H and O–H groups in total. The molecule has 0 saturated heterocycles. The summed E-state index contributed by atoms with van der Waals surface area (Å²) in [4.78, 5) is 11.2. The van der Waals surface area contributed by atoms with Crippen molar-refractivity contribution >= 4 is 23.2 Å². The Hall–Kier alpha value is -1.27. The van der Waals surface area contributed by atoms with E-state index < -0.39 is 25.3 Å². The Balaban J connectivity index is 2.35. The minimum absolute atomic E-state index is 0.350. The highest BCUT2D eigenvalue weighted by Crippen LogP contribution is 2.14. The van der Waals surface area contributed by atoms with Crippen LogP contribution in [0.1, 0.15) is 5.56 Å². The summed E-state index contributed by atoms with van der Waals surface area (Å²) in [6.07, 6.45) is -4.43. The number of halogens is 4. The third-order valence-corrected chi connectivity index (χ3v) is 2.20. The molecule has 100 valence electrons. The first-order valence-electron chi connectivity index (χ1n) is 5.00. The quantitative estimate of drug-likeness (QED) is 0.843. The van der Waals surface area contributed by atoms with E-state index in [4.69, 9.17) is 11.6 Å². The summed E-state index contributed by atoms with van der Waals surface area (Å²) in [6.45, 7) is -2.08. The lowest BCUT2D eigenvalue weighted by Crippen LogP contribution is -2.23. The van der Waals surface area contributed by atoms with Crippen molar-refractivity contribution in [1.29, 1.82) is 0 Å². The number of rotatable bonds is 5. The summed E-state index contributed by atoms with van der Waals surface area (Å²) in [6, 6.07) is 6.64. The maximum absolute atomic E-state index is 11.7. The number of hydrogen-bond acceptors (Lipinski definition) is 2. The van der Waals surface area contributed by atoms with Crippen LogP contribution in [0.2, 0.25) is 0 Å². The molecule has 0 bridgehead atoms. The second-order valence-electron chi connectivity index (χ2n) is 3.49. The molecule has 0 unspecified atom stereocenters. The molecule has 0 spiro atoms. The van der Waals surface area contributed by atoms with E-state index in [0.717, 1.165) is 5.56 Å². The molecule has 18 heavy (non-hydrogen) atoms. The molecule has 1 aromatic rings. The Bertz CT molecular complexity index is 392. The summed E-state index contributed by atoms with van der Waals surface area (Å²) in [5.74, 6) is -0.291. The monoisotopic (exact) mass is 281 g/mol. The molecule has 1 aromatic carbocycles. The highest BCUT2D eigenvalue weighted by atomic mass is 35.5. The smallest absolute Gasteiger partial charge is 0.362 e. The van der Waals surface area contributed by atoms with Crippen LogP contribution in [-0.2, 0) is 15.4 Å². The minimum atomic E-state index is -4.43. The van der Waals surface area contributed by atoms with Gasteiger partial charge < -0.3 is 10.1 Å². The molecule has 3 nitrogen and oxygen atoms in total. The van der Waals surface area contributed by atoms with Crippen molar-refractivity contribution in [3.05, 3.63) is 29.8 Å². The highest BCUT2D eigenvalue weighted by Gasteiger charge is 2.27. The number of carbonyl (C=O) groups excluding carboxylic acids is 1. The van der Waals surface area contributed by atoms with Crippen LogP contribution in [0, 0.1) is 0 Å². The Morgan fingerprint density at radius 3 is 2.39 bits per heavy atom. The van der Waals surface area contributed by atoms with E-state index in [0.29, 0.717) is 11.6 Å². The van der Waals surface area contributed by atoms with E-state index in [2.05, 4.69) is 10.1 Å². The zero-order valence-electron chi connectivity index (χ0n) is 9.26. The number of ether oxygens (including phenoxy) is 1. The summed E-state index contributed by atoms with van der Waals surface area (Å²) in [7, 11) is 0. The van der Waals surface area contributed by atoms with Gasteiger partial charge in [0.2, 0.25) is 5.91 Å². The Morgan fingerprint density at radius 1 is 1.28 bits per heavy atom. The first-order valence-corrected chi connectivity index (χ1v) is 5.53. The molecule has 0 radical (unpaired) electrons. The summed E-state index contributed by atoms with van der Waals surface area (Å²) >= 11 is 5.58. The highest BCUT2D eigenvalue weighted by molar-refractivity contribution is 6.17. The lowest BCUT2D eigenvalue weighted by atomic mass is 10.2. The van der Waals surface area contributed by atoms with Crippen LogP contribution < -0.4 is 5.32 Å². The van der Waals surface area contributed by atoms with E-state index in [1.54, 1.807) is 24.3 Å². The molecular formula is C11H11ClF3NO2. The van der Waals surface area contributed by atoms with Crippen LogP contribution in [0.3, 0.4) is 0 Å². The fourth-order valence-electron chi connectivity index (χ4n) is 1.13. The van der Waals surface area contributed by atoms with Gasteiger partial charge in [-0.3, -0.25) is 4.79 Å². The van der Waals surface area contributed by atoms with Crippen LogP contribution in [0.25, 0.3) is 0 Å². The van der Waals surface area contributed by atoms with Gasteiger partial charge in [0.25, 0.3) is 0 Å². The molecule has 0 aliphatic rings. The van der Waals surface area contributed by atoms with Gasteiger partial charge >= 0.3 is 6.18 Å². The molecule has 1 amide bonds. The van der Waals surface area contributed by atoms with Crippen LogP contribution in [0.5, 0.6) is 0 Å². The number of benzene rings is 1. The number of amides is 1. The van der Waals surface area contributed by atoms with Crippen molar-refractivity contribution in [2.24, 2.45) is 0 Å². The molecular weight excluding hydrogens is 271 g/mol. The third-order valence-electron chi connectivity index (χ3n) is 1.89. The Kier molecular flexibility index (Phi) is 5.43. The molecule has 0 aromatic heterocycles. The molecule has 0 saturated carbocycles. The maximum Gasteiger partial charge on any atom is 0.411 e. The van der Waals surface area contributed by atoms with E-state index in [1.165, 1.54) is 0 Å². The summed E-state index contributed by atoms with van der Waals surface area (Å²) < 4.78 is 39.5. The molecule has 0 aliphatic carbocycles. The van der Waals surface area contributed by atoms with Crippen LogP contribution in [-0.4, -0.2) is 25.3 Å². The van der Waals surface area contributed by atoms with Crippen molar-refractivity contribution in [2.45, 2.75) is 12.1 Å². The topological polar surface area (TPSA) is 38.3 Å². The predicted octanol–water partition coefficient (Wildman–Crippen LogP) is 2.94. The van der Waals surface area contributed by atoms with Crippen molar-refractivity contribution < 1.29 is 22.7 Å². The van der Waals surface area contributed by atoms with Crippen LogP contribution in [0.15, 0.2) is 24.3 Å². The van der Waals surface area contributed by atoms with Gasteiger partial charge in [-0.2, -0.15) is 13.2 Å². The molecule has 0 aliphatic heterocycles. The zero-order valence-corrected chi connectivity index (χ0v) is 10.0. The summed E-state index contributed by atoms with van der Waals surface area (Å²) in [5, 5.41) is 2.41. The molecule has 0 atom stereocenters. The number of carbonyl (C=O) groups is 1. The van der Waals surface area contributed by atoms with E-state index in [-0.39, 0.29) is 0 Å². The SMILES string of the molecule is O=C(COCC(F)(F)F)Nc1ccc(CCl)cc1. The second kappa shape index (κ2) is 6.61. The van der Waals surface area contributed by atoms with Crippen molar-refractivity contribution in [1.82, 2.24) is 0 Å². The van der Waals surface area contributed by atoms with Crippen LogP contribution >= 0.6 is 11.6 Å². The number of alkyl halides is 4. The van der Waals surface area contributed by atoms with Gasteiger partial charge in [0, 0.05) is 11.6 Å². The van der Waals surface area contributed by atoms with Crippen molar-refractivity contribution in [3.63, 3.8) is 0 Å². The zero-order chi connectivity index (χ0) is 13.6. The second-order valence-corrected chi connectivity index (χ2v) is 3.75.